The molecule has 88 valence electrons. The highest BCUT2D eigenvalue weighted by molar-refractivity contribution is 6.29. The van der Waals surface area contributed by atoms with Gasteiger partial charge in [0.25, 0.3) is 5.91 Å². The standard InChI is InChI=1S/C10H14ClN3O2/c1-10(2,6-16-3)12-9(15)7-4-5-8(11)14-13-7/h4-5H,6H2,1-3H3,(H,12,15). The molecule has 0 fully saturated rings. The second-order valence-electron chi connectivity index (χ2n) is 4.01. The molecule has 1 rings (SSSR count). The Hall–Kier alpha value is -1.20. The summed E-state index contributed by atoms with van der Waals surface area (Å²) in [5, 5.41) is 10.3. The molecule has 1 aromatic rings. The van der Waals surface area contributed by atoms with Crippen molar-refractivity contribution < 1.29 is 9.53 Å². The molecular formula is C10H14ClN3O2. The molecule has 0 unspecified atom stereocenters. The zero-order chi connectivity index (χ0) is 12.2. The summed E-state index contributed by atoms with van der Waals surface area (Å²) in [6.45, 7) is 4.13. The third-order valence-corrected chi connectivity index (χ3v) is 2.02. The molecule has 0 aliphatic carbocycles. The van der Waals surface area contributed by atoms with Crippen molar-refractivity contribution in [1.82, 2.24) is 15.5 Å². The lowest BCUT2D eigenvalue weighted by molar-refractivity contribution is 0.0814. The Labute approximate surface area is 99.2 Å². The van der Waals surface area contributed by atoms with E-state index in [1.54, 1.807) is 7.11 Å². The molecule has 0 bridgehead atoms. The van der Waals surface area contributed by atoms with Gasteiger partial charge in [-0.2, -0.15) is 0 Å². The Bertz CT molecular complexity index is 365. The minimum atomic E-state index is -0.451. The van der Waals surface area contributed by atoms with Gasteiger partial charge in [-0.3, -0.25) is 4.79 Å². The van der Waals surface area contributed by atoms with Crippen LogP contribution < -0.4 is 5.32 Å². The van der Waals surface area contributed by atoms with Crippen LogP contribution >= 0.6 is 11.6 Å². The highest BCUT2D eigenvalue weighted by atomic mass is 35.5. The molecule has 0 atom stereocenters. The molecule has 0 saturated heterocycles. The van der Waals surface area contributed by atoms with E-state index < -0.39 is 5.54 Å². The number of carbonyl (C=O) groups excluding carboxylic acids is 1. The average molecular weight is 244 g/mol. The van der Waals surface area contributed by atoms with Gasteiger partial charge < -0.3 is 10.1 Å². The van der Waals surface area contributed by atoms with Gasteiger partial charge in [0.2, 0.25) is 0 Å². The quantitative estimate of drug-likeness (QED) is 0.866. The second kappa shape index (κ2) is 5.23. The van der Waals surface area contributed by atoms with Gasteiger partial charge in [0.05, 0.1) is 12.1 Å². The molecule has 1 heterocycles. The van der Waals surface area contributed by atoms with Gasteiger partial charge in [0.15, 0.2) is 10.8 Å². The summed E-state index contributed by atoms with van der Waals surface area (Å²) in [6, 6.07) is 3.04. The van der Waals surface area contributed by atoms with Crippen LogP contribution in [0.2, 0.25) is 5.15 Å². The molecule has 0 aliphatic heterocycles. The van der Waals surface area contributed by atoms with Gasteiger partial charge in [-0.05, 0) is 26.0 Å². The Morgan fingerprint density at radius 3 is 2.69 bits per heavy atom. The third kappa shape index (κ3) is 3.75. The first-order valence-electron chi connectivity index (χ1n) is 4.75. The maximum absolute atomic E-state index is 11.7. The van der Waals surface area contributed by atoms with Gasteiger partial charge in [-0.15, -0.1) is 10.2 Å². The van der Waals surface area contributed by atoms with Crippen molar-refractivity contribution in [2.75, 3.05) is 13.7 Å². The van der Waals surface area contributed by atoms with E-state index in [1.807, 2.05) is 13.8 Å². The van der Waals surface area contributed by atoms with E-state index in [4.69, 9.17) is 16.3 Å². The van der Waals surface area contributed by atoms with Crippen LogP contribution in [0.15, 0.2) is 12.1 Å². The highest BCUT2D eigenvalue weighted by Crippen LogP contribution is 2.06. The second-order valence-corrected chi connectivity index (χ2v) is 4.40. The number of nitrogens with one attached hydrogen (secondary N) is 1. The normalized spacial score (nSPS) is 11.2. The van der Waals surface area contributed by atoms with E-state index in [0.717, 1.165) is 0 Å². The zero-order valence-electron chi connectivity index (χ0n) is 9.45. The Kier molecular flexibility index (Phi) is 4.20. The van der Waals surface area contributed by atoms with E-state index in [9.17, 15) is 4.79 Å². The number of amides is 1. The first-order valence-corrected chi connectivity index (χ1v) is 5.13. The number of aromatic nitrogens is 2. The molecule has 0 spiro atoms. The van der Waals surface area contributed by atoms with Gasteiger partial charge in [-0.25, -0.2) is 0 Å². The summed E-state index contributed by atoms with van der Waals surface area (Å²) in [7, 11) is 1.58. The maximum atomic E-state index is 11.7. The molecule has 1 aromatic heterocycles. The van der Waals surface area contributed by atoms with Crippen LogP contribution in [0.4, 0.5) is 0 Å². The highest BCUT2D eigenvalue weighted by Gasteiger charge is 2.21. The number of nitrogens with zero attached hydrogens (tertiary/aromatic N) is 2. The number of halogens is 1. The number of carbonyl (C=O) groups is 1. The number of rotatable bonds is 4. The molecule has 6 heteroatoms. The van der Waals surface area contributed by atoms with Crippen molar-refractivity contribution in [2.24, 2.45) is 0 Å². The Morgan fingerprint density at radius 2 is 2.19 bits per heavy atom. The summed E-state index contributed by atoms with van der Waals surface area (Å²) < 4.78 is 4.99. The van der Waals surface area contributed by atoms with Gasteiger partial charge in [0, 0.05) is 7.11 Å². The predicted octanol–water partition coefficient (Wildman–Crippen LogP) is 1.28. The molecule has 0 aromatic carbocycles. The first kappa shape index (κ1) is 12.9. The third-order valence-electron chi connectivity index (χ3n) is 1.82. The van der Waals surface area contributed by atoms with E-state index in [-0.39, 0.29) is 16.8 Å². The number of ether oxygens (including phenoxy) is 1. The maximum Gasteiger partial charge on any atom is 0.272 e. The van der Waals surface area contributed by atoms with Crippen LogP contribution in [0, 0.1) is 0 Å². The summed E-state index contributed by atoms with van der Waals surface area (Å²) >= 11 is 5.57. The smallest absolute Gasteiger partial charge is 0.272 e. The molecule has 1 N–H and O–H groups in total. The van der Waals surface area contributed by atoms with E-state index in [0.29, 0.717) is 6.61 Å². The first-order chi connectivity index (χ1) is 7.44. The number of hydrogen-bond donors (Lipinski definition) is 1. The molecule has 16 heavy (non-hydrogen) atoms. The van der Waals surface area contributed by atoms with E-state index >= 15 is 0 Å². The van der Waals surface area contributed by atoms with Crippen LogP contribution in [0.3, 0.4) is 0 Å². The number of methoxy groups -OCH3 is 1. The zero-order valence-corrected chi connectivity index (χ0v) is 10.2. The van der Waals surface area contributed by atoms with Crippen molar-refractivity contribution in [3.05, 3.63) is 23.0 Å². The van der Waals surface area contributed by atoms with Crippen LogP contribution in [0.1, 0.15) is 24.3 Å². The van der Waals surface area contributed by atoms with E-state index in [2.05, 4.69) is 15.5 Å². The summed E-state index contributed by atoms with van der Waals surface area (Å²) in [5.41, 5.74) is -0.221. The molecule has 0 radical (unpaired) electrons. The topological polar surface area (TPSA) is 64.1 Å². The fourth-order valence-corrected chi connectivity index (χ4v) is 1.31. The monoisotopic (exact) mass is 243 g/mol. The number of hydrogen-bond acceptors (Lipinski definition) is 4. The minimum Gasteiger partial charge on any atom is -0.382 e. The van der Waals surface area contributed by atoms with Gasteiger partial charge in [-0.1, -0.05) is 11.6 Å². The molecule has 5 nitrogen and oxygen atoms in total. The Balaban J connectivity index is 2.69. The predicted molar refractivity (Wildman–Crippen MR) is 60.5 cm³/mol. The lowest BCUT2D eigenvalue weighted by Crippen LogP contribution is -2.47. The molecule has 0 aliphatic rings. The lowest BCUT2D eigenvalue weighted by Gasteiger charge is -2.24. The lowest BCUT2D eigenvalue weighted by atomic mass is 10.1. The molecular weight excluding hydrogens is 230 g/mol. The average Bonchev–Trinajstić information content (AvgIpc) is 2.17. The van der Waals surface area contributed by atoms with Crippen LogP contribution in [-0.4, -0.2) is 35.4 Å². The van der Waals surface area contributed by atoms with Crippen molar-refractivity contribution in [3.8, 4) is 0 Å². The fourth-order valence-electron chi connectivity index (χ4n) is 1.21. The minimum absolute atomic E-state index is 0.230. The van der Waals surface area contributed by atoms with Crippen molar-refractivity contribution in [3.63, 3.8) is 0 Å². The van der Waals surface area contributed by atoms with Crippen LogP contribution in [0.5, 0.6) is 0 Å². The van der Waals surface area contributed by atoms with Crippen LogP contribution in [0.25, 0.3) is 0 Å². The largest absolute Gasteiger partial charge is 0.382 e. The van der Waals surface area contributed by atoms with Crippen LogP contribution in [-0.2, 0) is 4.74 Å². The SMILES string of the molecule is COCC(C)(C)NC(=O)c1ccc(Cl)nn1. The van der Waals surface area contributed by atoms with Crippen molar-refractivity contribution >= 4 is 17.5 Å². The van der Waals surface area contributed by atoms with Gasteiger partial charge in [0.1, 0.15) is 0 Å². The summed E-state index contributed by atoms with van der Waals surface area (Å²) in [6.07, 6.45) is 0. The Morgan fingerprint density at radius 1 is 1.50 bits per heavy atom. The summed E-state index contributed by atoms with van der Waals surface area (Å²) in [4.78, 5) is 11.7. The summed E-state index contributed by atoms with van der Waals surface area (Å²) in [5.74, 6) is -0.300. The van der Waals surface area contributed by atoms with Gasteiger partial charge >= 0.3 is 0 Å². The van der Waals surface area contributed by atoms with Crippen molar-refractivity contribution in [1.29, 1.82) is 0 Å². The molecule has 1 amide bonds. The molecule has 0 saturated carbocycles. The van der Waals surface area contributed by atoms with Crippen molar-refractivity contribution in [2.45, 2.75) is 19.4 Å². The fraction of sp³-hybridized carbons (Fsp3) is 0.500. The van der Waals surface area contributed by atoms with E-state index in [1.165, 1.54) is 12.1 Å².